The van der Waals surface area contributed by atoms with E-state index in [-0.39, 0.29) is 12.6 Å². The van der Waals surface area contributed by atoms with E-state index in [1.54, 1.807) is 6.92 Å². The van der Waals surface area contributed by atoms with Crippen molar-refractivity contribution in [2.24, 2.45) is 0 Å². The van der Waals surface area contributed by atoms with E-state index in [1.165, 1.54) is 17.7 Å². The molecule has 106 valence electrons. The van der Waals surface area contributed by atoms with E-state index >= 15 is 0 Å². The summed E-state index contributed by atoms with van der Waals surface area (Å²) in [6.07, 6.45) is 3.40. The molecule has 0 bridgehead atoms. The van der Waals surface area contributed by atoms with Crippen LogP contribution >= 0.6 is 11.3 Å². The maximum absolute atomic E-state index is 11.3. The van der Waals surface area contributed by atoms with Gasteiger partial charge in [0.05, 0.1) is 18.0 Å². The van der Waals surface area contributed by atoms with Crippen molar-refractivity contribution in [3.05, 3.63) is 16.8 Å². The highest BCUT2D eigenvalue weighted by Gasteiger charge is 2.28. The number of aromatic nitrogens is 2. The Morgan fingerprint density at radius 2 is 2.35 bits per heavy atom. The third-order valence-corrected chi connectivity index (χ3v) is 4.95. The maximum atomic E-state index is 11.3. The number of aromatic carboxylic acids is 1. The van der Waals surface area contributed by atoms with E-state index in [2.05, 4.69) is 14.9 Å². The van der Waals surface area contributed by atoms with Gasteiger partial charge in [0.25, 0.3) is 0 Å². The van der Waals surface area contributed by atoms with Crippen LogP contribution in [-0.2, 0) is 0 Å². The monoisotopic (exact) mass is 293 g/mol. The van der Waals surface area contributed by atoms with Crippen LogP contribution in [0.3, 0.4) is 0 Å². The molecule has 3 rings (SSSR count). The fraction of sp³-hybridized carbons (Fsp3) is 0.462. The highest BCUT2D eigenvalue weighted by Crippen LogP contribution is 2.37. The van der Waals surface area contributed by atoms with Gasteiger partial charge < -0.3 is 15.1 Å². The van der Waals surface area contributed by atoms with Gasteiger partial charge >= 0.3 is 5.97 Å². The normalized spacial score (nSPS) is 18.9. The number of aliphatic hydroxyl groups excluding tert-OH is 1. The number of hydrogen-bond donors (Lipinski definition) is 2. The SMILES string of the molecule is Cc1c(C(=O)O)sc2ncnc(N3CCCC3CO)c12. The van der Waals surface area contributed by atoms with Gasteiger partial charge in [-0.25, -0.2) is 14.8 Å². The second kappa shape index (κ2) is 4.99. The smallest absolute Gasteiger partial charge is 0.346 e. The van der Waals surface area contributed by atoms with E-state index < -0.39 is 5.97 Å². The Labute approximate surface area is 119 Å². The molecule has 1 aliphatic rings. The van der Waals surface area contributed by atoms with Gasteiger partial charge in [0, 0.05) is 6.54 Å². The molecule has 2 aromatic rings. The lowest BCUT2D eigenvalue weighted by Crippen LogP contribution is -2.32. The summed E-state index contributed by atoms with van der Waals surface area (Å²) in [4.78, 5) is 22.8. The first kappa shape index (κ1) is 13.3. The van der Waals surface area contributed by atoms with Crippen molar-refractivity contribution in [2.75, 3.05) is 18.1 Å². The molecule has 0 radical (unpaired) electrons. The van der Waals surface area contributed by atoms with E-state index in [1.807, 2.05) is 0 Å². The van der Waals surface area contributed by atoms with Crippen LogP contribution in [0.4, 0.5) is 5.82 Å². The minimum Gasteiger partial charge on any atom is -0.477 e. The van der Waals surface area contributed by atoms with E-state index in [4.69, 9.17) is 0 Å². The molecule has 0 spiro atoms. The van der Waals surface area contributed by atoms with Crippen molar-refractivity contribution < 1.29 is 15.0 Å². The lowest BCUT2D eigenvalue weighted by atomic mass is 10.2. The van der Waals surface area contributed by atoms with Gasteiger partial charge in [-0.15, -0.1) is 11.3 Å². The zero-order valence-corrected chi connectivity index (χ0v) is 11.9. The second-order valence-corrected chi connectivity index (χ2v) is 5.91. The number of thiophene rings is 1. The van der Waals surface area contributed by atoms with Gasteiger partial charge in [-0.05, 0) is 25.3 Å². The number of aliphatic hydroxyl groups is 1. The van der Waals surface area contributed by atoms with Gasteiger partial charge in [0.2, 0.25) is 0 Å². The summed E-state index contributed by atoms with van der Waals surface area (Å²) in [6, 6.07) is 0.0562. The molecule has 0 saturated carbocycles. The molecule has 2 N–H and O–H groups in total. The standard InChI is InChI=1S/C13H15N3O3S/c1-7-9-11(16-4-2-3-8(16)5-17)14-6-15-12(9)20-10(7)13(18)19/h6,8,17H,2-5H2,1H3,(H,18,19). The molecule has 1 saturated heterocycles. The predicted octanol–water partition coefficient (Wildman–Crippen LogP) is 1.66. The van der Waals surface area contributed by atoms with Crippen LogP contribution in [-0.4, -0.2) is 45.3 Å². The first-order valence-electron chi connectivity index (χ1n) is 6.48. The molecule has 1 aliphatic heterocycles. The van der Waals surface area contributed by atoms with Crippen molar-refractivity contribution in [2.45, 2.75) is 25.8 Å². The summed E-state index contributed by atoms with van der Waals surface area (Å²) in [6.45, 7) is 2.70. The first-order chi connectivity index (χ1) is 9.63. The van der Waals surface area contributed by atoms with Gasteiger partial charge in [-0.2, -0.15) is 0 Å². The summed E-state index contributed by atoms with van der Waals surface area (Å²) < 4.78 is 0. The van der Waals surface area contributed by atoms with Crippen molar-refractivity contribution in [3.8, 4) is 0 Å². The van der Waals surface area contributed by atoms with Gasteiger partial charge in [0.15, 0.2) is 0 Å². The number of anilines is 1. The lowest BCUT2D eigenvalue weighted by Gasteiger charge is -2.24. The predicted molar refractivity (Wildman–Crippen MR) is 76.6 cm³/mol. The average Bonchev–Trinajstić information content (AvgIpc) is 3.03. The fourth-order valence-corrected chi connectivity index (χ4v) is 3.76. The maximum Gasteiger partial charge on any atom is 0.346 e. The fourth-order valence-electron chi connectivity index (χ4n) is 2.78. The summed E-state index contributed by atoms with van der Waals surface area (Å²) >= 11 is 1.17. The van der Waals surface area contributed by atoms with Crippen molar-refractivity contribution >= 4 is 33.3 Å². The second-order valence-electron chi connectivity index (χ2n) is 4.91. The highest BCUT2D eigenvalue weighted by molar-refractivity contribution is 7.20. The van der Waals surface area contributed by atoms with Crippen molar-refractivity contribution in [1.29, 1.82) is 0 Å². The minimum atomic E-state index is -0.934. The largest absolute Gasteiger partial charge is 0.477 e. The Morgan fingerprint density at radius 3 is 3.05 bits per heavy atom. The Kier molecular flexibility index (Phi) is 3.31. The molecule has 7 heteroatoms. The van der Waals surface area contributed by atoms with E-state index in [9.17, 15) is 15.0 Å². The molecule has 20 heavy (non-hydrogen) atoms. The van der Waals surface area contributed by atoms with Crippen LogP contribution in [0.1, 0.15) is 28.1 Å². The summed E-state index contributed by atoms with van der Waals surface area (Å²) in [5.74, 6) is -0.190. The van der Waals surface area contributed by atoms with Gasteiger partial charge in [-0.1, -0.05) is 0 Å². The topological polar surface area (TPSA) is 86.5 Å². The van der Waals surface area contributed by atoms with Crippen molar-refractivity contribution in [1.82, 2.24) is 9.97 Å². The molecule has 3 heterocycles. The number of fused-ring (bicyclic) bond motifs is 1. The van der Waals surface area contributed by atoms with Gasteiger partial charge in [0.1, 0.15) is 21.9 Å². The number of rotatable bonds is 3. The van der Waals surface area contributed by atoms with Crippen LogP contribution in [0.15, 0.2) is 6.33 Å². The number of carbonyl (C=O) groups is 1. The van der Waals surface area contributed by atoms with Crippen LogP contribution in [0, 0.1) is 6.92 Å². The van der Waals surface area contributed by atoms with Crippen LogP contribution < -0.4 is 4.90 Å². The zero-order valence-electron chi connectivity index (χ0n) is 11.0. The Balaban J connectivity index is 2.18. The third-order valence-electron chi connectivity index (χ3n) is 3.76. The highest BCUT2D eigenvalue weighted by atomic mass is 32.1. The number of carboxylic acid groups (broad SMARTS) is 1. The molecule has 1 atom stereocenters. The molecule has 0 aromatic carbocycles. The molecule has 1 unspecified atom stereocenters. The molecule has 2 aromatic heterocycles. The Bertz CT molecular complexity index is 670. The van der Waals surface area contributed by atoms with Gasteiger partial charge in [-0.3, -0.25) is 0 Å². The minimum absolute atomic E-state index is 0.0562. The number of hydrogen-bond acceptors (Lipinski definition) is 6. The Morgan fingerprint density at radius 1 is 1.55 bits per heavy atom. The number of nitrogens with zero attached hydrogens (tertiary/aromatic N) is 3. The van der Waals surface area contributed by atoms with Crippen molar-refractivity contribution in [3.63, 3.8) is 0 Å². The van der Waals surface area contributed by atoms with Crippen LogP contribution in [0.2, 0.25) is 0 Å². The molecule has 0 aliphatic carbocycles. The number of aryl methyl sites for hydroxylation is 1. The summed E-state index contributed by atoms with van der Waals surface area (Å²) in [5.41, 5.74) is 0.705. The van der Waals surface area contributed by atoms with Crippen LogP contribution in [0.5, 0.6) is 0 Å². The molecule has 0 amide bonds. The lowest BCUT2D eigenvalue weighted by molar-refractivity contribution is 0.0701. The quantitative estimate of drug-likeness (QED) is 0.895. The zero-order chi connectivity index (χ0) is 14.3. The first-order valence-corrected chi connectivity index (χ1v) is 7.30. The van der Waals surface area contributed by atoms with E-state index in [0.29, 0.717) is 15.3 Å². The van der Waals surface area contributed by atoms with E-state index in [0.717, 1.165) is 30.6 Å². The molecule has 1 fully saturated rings. The average molecular weight is 293 g/mol. The molecular formula is C13H15N3O3S. The summed E-state index contributed by atoms with van der Waals surface area (Å²) in [5, 5.41) is 19.5. The summed E-state index contributed by atoms with van der Waals surface area (Å²) in [7, 11) is 0. The third kappa shape index (κ3) is 1.94. The number of carboxylic acids is 1. The molecular weight excluding hydrogens is 278 g/mol. The molecule has 6 nitrogen and oxygen atoms in total. The van der Waals surface area contributed by atoms with Crippen LogP contribution in [0.25, 0.3) is 10.2 Å². The Hall–Kier alpha value is -1.73.